The number of hydrazone groups is 1. The molecule has 3 N–H and O–H groups in total. The molecule has 0 saturated carbocycles. The normalized spacial score (nSPS) is 14.9. The number of aromatic hydroxyl groups is 1. The largest absolute Gasteiger partial charge is 0.505 e. The van der Waals surface area contributed by atoms with Crippen LogP contribution in [-0.2, 0) is 23.8 Å². The van der Waals surface area contributed by atoms with Gasteiger partial charge in [0, 0.05) is 6.20 Å². The first-order valence-electron chi connectivity index (χ1n) is 11.5. The van der Waals surface area contributed by atoms with Crippen LogP contribution in [0.4, 0.5) is 37.7 Å². The van der Waals surface area contributed by atoms with Crippen LogP contribution in [0.2, 0.25) is 0 Å². The zero-order valence-electron chi connectivity index (χ0n) is 20.2. The highest BCUT2D eigenvalue weighted by atomic mass is 19.4. The number of hydrogen-bond acceptors (Lipinski definition) is 5. The molecule has 0 radical (unpaired) electrons. The maximum Gasteiger partial charge on any atom is 0.435 e. The lowest BCUT2D eigenvalue weighted by Crippen LogP contribution is -2.26. The average molecular weight is 563 g/mol. The molecule has 208 valence electrons. The number of anilines is 2. The molecule has 3 aromatic carbocycles. The number of para-hydroxylation sites is 1. The van der Waals surface area contributed by atoms with E-state index in [-0.39, 0.29) is 40.9 Å². The lowest BCUT2D eigenvalue weighted by Gasteiger charge is -2.14. The van der Waals surface area contributed by atoms with Crippen molar-refractivity contribution in [2.45, 2.75) is 25.2 Å². The zero-order valence-corrected chi connectivity index (χ0v) is 20.2. The highest BCUT2D eigenvalue weighted by Gasteiger charge is 2.47. The van der Waals surface area contributed by atoms with Gasteiger partial charge in [-0.2, -0.15) is 36.5 Å². The topological polar surface area (TPSA) is 102 Å². The number of phenols is 1. The summed E-state index contributed by atoms with van der Waals surface area (Å²) < 4.78 is 81.1. The molecule has 0 atom stereocenters. The molecule has 3 aromatic rings. The summed E-state index contributed by atoms with van der Waals surface area (Å²) in [6.45, 7) is 0. The van der Waals surface area contributed by atoms with E-state index in [1.807, 2.05) is 0 Å². The second kappa shape index (κ2) is 10.8. The molecule has 0 aliphatic carbocycles. The third-order valence-electron chi connectivity index (χ3n) is 5.96. The number of nitrogens with zero attached hydrogens (tertiary/aromatic N) is 2. The van der Waals surface area contributed by atoms with Crippen molar-refractivity contribution in [2.75, 3.05) is 10.3 Å². The van der Waals surface area contributed by atoms with Crippen LogP contribution in [0.5, 0.6) is 5.75 Å². The van der Waals surface area contributed by atoms with Crippen molar-refractivity contribution in [1.82, 2.24) is 0 Å². The number of carboxylic acids is 1. The lowest BCUT2D eigenvalue weighted by molar-refractivity contribution is -0.138. The predicted molar refractivity (Wildman–Crippen MR) is 133 cm³/mol. The Morgan fingerprint density at radius 2 is 1.55 bits per heavy atom. The van der Waals surface area contributed by atoms with Crippen molar-refractivity contribution in [3.05, 3.63) is 101 Å². The highest BCUT2D eigenvalue weighted by molar-refractivity contribution is 6.32. The SMILES string of the molecule is O=C(O)c1cccc(N2N=C(C(F)(F)F)/C(=C/Nc3cccc(CCc4ccccc4C(F)(F)F)c3O)C2=O)c1. The number of aromatic carboxylic acids is 1. The van der Waals surface area contributed by atoms with E-state index in [0.717, 1.165) is 12.1 Å². The van der Waals surface area contributed by atoms with Gasteiger partial charge in [-0.3, -0.25) is 4.79 Å². The molecule has 0 fully saturated rings. The summed E-state index contributed by atoms with van der Waals surface area (Å²) in [5, 5.41) is 26.0. The van der Waals surface area contributed by atoms with Crippen molar-refractivity contribution in [2.24, 2.45) is 5.10 Å². The van der Waals surface area contributed by atoms with Gasteiger partial charge >= 0.3 is 18.3 Å². The fourth-order valence-electron chi connectivity index (χ4n) is 4.04. The van der Waals surface area contributed by atoms with E-state index in [4.69, 9.17) is 5.11 Å². The van der Waals surface area contributed by atoms with Crippen LogP contribution < -0.4 is 10.3 Å². The quantitative estimate of drug-likeness (QED) is 0.182. The number of halogens is 6. The Labute approximate surface area is 222 Å². The van der Waals surface area contributed by atoms with Gasteiger partial charge in [-0.05, 0) is 54.3 Å². The fraction of sp³-hybridized carbons (Fsp3) is 0.148. The number of carbonyl (C=O) groups excluding carboxylic acids is 1. The molecule has 0 saturated heterocycles. The number of rotatable bonds is 7. The van der Waals surface area contributed by atoms with Gasteiger partial charge in [-0.1, -0.05) is 36.4 Å². The van der Waals surface area contributed by atoms with Crippen molar-refractivity contribution in [3.63, 3.8) is 0 Å². The second-order valence-electron chi connectivity index (χ2n) is 8.59. The maximum atomic E-state index is 13.7. The van der Waals surface area contributed by atoms with Gasteiger partial charge in [0.05, 0.1) is 28.1 Å². The summed E-state index contributed by atoms with van der Waals surface area (Å²) in [5.41, 5.74) is -3.63. The Kier molecular flexibility index (Phi) is 7.58. The number of alkyl halides is 6. The molecule has 1 amide bonds. The van der Waals surface area contributed by atoms with Crippen molar-refractivity contribution < 1.29 is 46.1 Å². The van der Waals surface area contributed by atoms with Crippen LogP contribution >= 0.6 is 0 Å². The Balaban J connectivity index is 1.59. The number of nitrogens with one attached hydrogen (secondary N) is 1. The maximum absolute atomic E-state index is 13.7. The molecule has 1 heterocycles. The van der Waals surface area contributed by atoms with Crippen LogP contribution in [-0.4, -0.2) is 34.0 Å². The number of hydrogen-bond donors (Lipinski definition) is 3. The molecule has 0 unspecified atom stereocenters. The first kappa shape index (κ1) is 28.2. The van der Waals surface area contributed by atoms with E-state index in [1.165, 1.54) is 54.6 Å². The molecule has 1 aliphatic rings. The smallest absolute Gasteiger partial charge is 0.435 e. The molecule has 0 bridgehead atoms. The summed E-state index contributed by atoms with van der Waals surface area (Å²) in [6.07, 6.45) is -9.03. The van der Waals surface area contributed by atoms with Gasteiger partial charge in [0.25, 0.3) is 5.91 Å². The minimum absolute atomic E-state index is 0.00419. The minimum atomic E-state index is -5.06. The highest BCUT2D eigenvalue weighted by Crippen LogP contribution is 2.35. The number of benzene rings is 3. The van der Waals surface area contributed by atoms with Gasteiger partial charge in [0.15, 0.2) is 5.71 Å². The standard InChI is InChI=1S/C27H19F6N3O4/c28-26(29,30)20-9-2-1-5-15(20)11-12-16-6-4-10-21(22(16)37)34-14-19-23(27(31,32)33)35-36(24(19)38)18-8-3-7-17(13-18)25(39)40/h1-10,13-14,34,37H,11-12H2,(H,39,40)/b19-14-. The average Bonchev–Trinajstić information content (AvgIpc) is 3.23. The number of phenolic OH excluding ortho intramolecular Hbond substituents is 1. The van der Waals surface area contributed by atoms with Crippen LogP contribution in [0, 0.1) is 0 Å². The van der Waals surface area contributed by atoms with E-state index in [1.54, 1.807) is 0 Å². The molecule has 40 heavy (non-hydrogen) atoms. The van der Waals surface area contributed by atoms with E-state index in [2.05, 4.69) is 10.4 Å². The number of amides is 1. The zero-order chi connectivity index (χ0) is 29.2. The Hall–Kier alpha value is -4.81. The lowest BCUT2D eigenvalue weighted by atomic mass is 9.98. The number of carboxylic acid groups (broad SMARTS) is 1. The first-order valence-corrected chi connectivity index (χ1v) is 11.5. The summed E-state index contributed by atoms with van der Waals surface area (Å²) in [7, 11) is 0. The Morgan fingerprint density at radius 1 is 0.900 bits per heavy atom. The van der Waals surface area contributed by atoms with Crippen molar-refractivity contribution in [1.29, 1.82) is 0 Å². The molecule has 0 aromatic heterocycles. The van der Waals surface area contributed by atoms with E-state index >= 15 is 0 Å². The van der Waals surface area contributed by atoms with Gasteiger partial charge in [-0.15, -0.1) is 0 Å². The number of aryl methyl sites for hydroxylation is 2. The first-order chi connectivity index (χ1) is 18.8. The predicted octanol–water partition coefficient (Wildman–Crippen LogP) is 6.16. The molecule has 1 aliphatic heterocycles. The molecular weight excluding hydrogens is 544 g/mol. The molecule has 7 nitrogen and oxygen atoms in total. The van der Waals surface area contributed by atoms with Crippen LogP contribution in [0.3, 0.4) is 0 Å². The summed E-state index contributed by atoms with van der Waals surface area (Å²) in [4.78, 5) is 24.1. The van der Waals surface area contributed by atoms with Gasteiger partial charge in [-0.25, -0.2) is 4.79 Å². The summed E-state index contributed by atoms with van der Waals surface area (Å²) >= 11 is 0. The van der Waals surface area contributed by atoms with E-state index in [9.17, 15) is 41.0 Å². The van der Waals surface area contributed by atoms with E-state index < -0.39 is 46.8 Å². The van der Waals surface area contributed by atoms with Crippen LogP contribution in [0.25, 0.3) is 0 Å². The Bertz CT molecular complexity index is 1530. The van der Waals surface area contributed by atoms with Gasteiger partial charge in [0.2, 0.25) is 0 Å². The van der Waals surface area contributed by atoms with Crippen molar-refractivity contribution in [3.8, 4) is 5.75 Å². The minimum Gasteiger partial charge on any atom is -0.505 e. The summed E-state index contributed by atoms with van der Waals surface area (Å²) in [5.74, 6) is -2.99. The molecular formula is C27H19F6N3O4. The molecule has 4 rings (SSSR count). The van der Waals surface area contributed by atoms with Crippen LogP contribution in [0.1, 0.15) is 27.0 Å². The van der Waals surface area contributed by atoms with Gasteiger partial charge in [0.1, 0.15) is 5.75 Å². The van der Waals surface area contributed by atoms with E-state index in [0.29, 0.717) is 11.2 Å². The second-order valence-corrected chi connectivity index (χ2v) is 8.59. The Morgan fingerprint density at radius 3 is 2.23 bits per heavy atom. The molecule has 13 heteroatoms. The number of carbonyl (C=O) groups is 2. The third kappa shape index (κ3) is 5.92. The van der Waals surface area contributed by atoms with Crippen molar-refractivity contribution >= 4 is 29.0 Å². The molecule has 0 spiro atoms. The van der Waals surface area contributed by atoms with Crippen LogP contribution in [0.15, 0.2) is 83.6 Å². The van der Waals surface area contributed by atoms with Gasteiger partial charge < -0.3 is 15.5 Å². The fourth-order valence-corrected chi connectivity index (χ4v) is 4.04. The summed E-state index contributed by atoms with van der Waals surface area (Å²) in [6, 6.07) is 13.8. The third-order valence-corrected chi connectivity index (χ3v) is 5.96. The monoisotopic (exact) mass is 563 g/mol.